The second-order valence-electron chi connectivity index (χ2n) is 7.81. The number of benzene rings is 2. The summed E-state index contributed by atoms with van der Waals surface area (Å²) in [6.45, 7) is 1.39. The summed E-state index contributed by atoms with van der Waals surface area (Å²) in [5, 5.41) is 11.6. The molecule has 0 bridgehead atoms. The second-order valence-corrected chi connectivity index (χ2v) is 9.67. The fraction of sp³-hybridized carbons (Fsp3) is 0.174. The lowest BCUT2D eigenvalue weighted by Gasteiger charge is -2.18. The van der Waals surface area contributed by atoms with Crippen molar-refractivity contribution in [2.75, 3.05) is 5.32 Å². The van der Waals surface area contributed by atoms with Crippen molar-refractivity contribution < 1.29 is 31.2 Å². The summed E-state index contributed by atoms with van der Waals surface area (Å²) in [4.78, 5) is 30.7. The van der Waals surface area contributed by atoms with Crippen LogP contribution in [0.1, 0.15) is 36.1 Å². The molecule has 1 unspecified atom stereocenters. The summed E-state index contributed by atoms with van der Waals surface area (Å²) < 4.78 is 66.9. The monoisotopic (exact) mass is 534 g/mol. The van der Waals surface area contributed by atoms with Crippen molar-refractivity contribution in [1.29, 1.82) is 5.41 Å². The highest BCUT2D eigenvalue weighted by atomic mass is 32.2. The topological polar surface area (TPSA) is 168 Å². The molecular formula is C23H21F3N6O4S. The van der Waals surface area contributed by atoms with E-state index in [0.29, 0.717) is 17.3 Å². The van der Waals surface area contributed by atoms with Gasteiger partial charge in [-0.25, -0.2) is 13.4 Å². The van der Waals surface area contributed by atoms with E-state index in [9.17, 15) is 31.2 Å². The lowest BCUT2D eigenvalue weighted by atomic mass is 10.0. The molecule has 0 radical (unpaired) electrons. The predicted molar refractivity (Wildman–Crippen MR) is 126 cm³/mol. The Morgan fingerprint density at radius 3 is 2.32 bits per heavy atom. The van der Waals surface area contributed by atoms with Gasteiger partial charge in [0, 0.05) is 23.6 Å². The molecular weight excluding hydrogens is 513 g/mol. The molecule has 3 aromatic rings. The van der Waals surface area contributed by atoms with Crippen LogP contribution in [0, 0.1) is 5.41 Å². The molecule has 194 valence electrons. The molecule has 0 aliphatic heterocycles. The quantitative estimate of drug-likeness (QED) is 0.196. The number of sulfone groups is 1. The maximum Gasteiger partial charge on any atom is 0.417 e. The lowest BCUT2D eigenvalue weighted by molar-refractivity contribution is -0.140. The third kappa shape index (κ3) is 6.67. The Morgan fingerprint density at radius 1 is 1.08 bits per heavy atom. The van der Waals surface area contributed by atoms with Crippen LogP contribution in [-0.2, 0) is 25.6 Å². The van der Waals surface area contributed by atoms with E-state index in [0.717, 1.165) is 24.5 Å². The Morgan fingerprint density at radius 2 is 1.76 bits per heavy atom. The van der Waals surface area contributed by atoms with E-state index < -0.39 is 55.8 Å². The third-order valence-corrected chi connectivity index (χ3v) is 6.79. The number of anilines is 1. The fourth-order valence-electron chi connectivity index (χ4n) is 3.27. The zero-order valence-corrected chi connectivity index (χ0v) is 20.0. The summed E-state index contributed by atoms with van der Waals surface area (Å²) in [5.74, 6) is -1.60. The fourth-order valence-corrected chi connectivity index (χ4v) is 4.61. The SMILES string of the molecule is CC(NC(=O)CC(=O)Nc1ccc(C(=N)N)cc1)c1ccc(S(=O)(=O)c2cnccn2)c(C(F)(F)F)c1. The minimum Gasteiger partial charge on any atom is -0.384 e. The molecule has 14 heteroatoms. The van der Waals surface area contributed by atoms with Gasteiger partial charge < -0.3 is 16.4 Å². The number of amidine groups is 1. The summed E-state index contributed by atoms with van der Waals surface area (Å²) in [6, 6.07) is 7.57. The van der Waals surface area contributed by atoms with Crippen LogP contribution in [0.25, 0.3) is 0 Å². The van der Waals surface area contributed by atoms with Gasteiger partial charge in [0.2, 0.25) is 21.7 Å². The molecule has 0 spiro atoms. The molecule has 1 aromatic heterocycles. The first-order valence-electron chi connectivity index (χ1n) is 10.5. The van der Waals surface area contributed by atoms with Crippen molar-refractivity contribution in [1.82, 2.24) is 15.3 Å². The van der Waals surface area contributed by atoms with Crippen LogP contribution in [0.5, 0.6) is 0 Å². The molecule has 2 aromatic carbocycles. The Labute approximate surface area is 209 Å². The van der Waals surface area contributed by atoms with Gasteiger partial charge >= 0.3 is 6.18 Å². The van der Waals surface area contributed by atoms with Gasteiger partial charge in [-0.15, -0.1) is 0 Å². The van der Waals surface area contributed by atoms with E-state index in [4.69, 9.17) is 11.1 Å². The van der Waals surface area contributed by atoms with Crippen molar-refractivity contribution in [3.05, 3.63) is 77.7 Å². The molecule has 0 saturated heterocycles. The molecule has 10 nitrogen and oxygen atoms in total. The van der Waals surface area contributed by atoms with Gasteiger partial charge in [-0.1, -0.05) is 6.07 Å². The number of alkyl halides is 3. The zero-order chi connectivity index (χ0) is 27.4. The van der Waals surface area contributed by atoms with Crippen molar-refractivity contribution in [3.63, 3.8) is 0 Å². The molecule has 5 N–H and O–H groups in total. The number of amides is 2. The number of rotatable bonds is 8. The maximum atomic E-state index is 13.8. The summed E-state index contributed by atoms with van der Waals surface area (Å²) >= 11 is 0. The summed E-state index contributed by atoms with van der Waals surface area (Å²) in [7, 11) is -4.62. The first kappa shape index (κ1) is 27.3. The first-order chi connectivity index (χ1) is 17.3. The summed E-state index contributed by atoms with van der Waals surface area (Å²) in [6.07, 6.45) is -2.58. The van der Waals surface area contributed by atoms with Gasteiger partial charge in [0.25, 0.3) is 0 Å². The number of carbonyl (C=O) groups excluding carboxylic acids is 2. The van der Waals surface area contributed by atoms with Crippen molar-refractivity contribution >= 4 is 33.2 Å². The number of hydrogen-bond donors (Lipinski definition) is 4. The van der Waals surface area contributed by atoms with Crippen LogP contribution in [0.3, 0.4) is 0 Å². The van der Waals surface area contributed by atoms with Crippen LogP contribution in [0.4, 0.5) is 18.9 Å². The zero-order valence-electron chi connectivity index (χ0n) is 19.2. The number of nitrogens with two attached hydrogens (primary N) is 1. The Kier molecular flexibility index (Phi) is 7.91. The number of carbonyl (C=O) groups is 2. The van der Waals surface area contributed by atoms with Crippen LogP contribution in [0.15, 0.2) is 71.0 Å². The highest BCUT2D eigenvalue weighted by Crippen LogP contribution is 2.37. The van der Waals surface area contributed by atoms with E-state index in [1.54, 1.807) is 0 Å². The summed E-state index contributed by atoms with van der Waals surface area (Å²) in [5.41, 5.74) is 4.70. The molecule has 0 aliphatic carbocycles. The van der Waals surface area contributed by atoms with Crippen molar-refractivity contribution in [2.45, 2.75) is 35.5 Å². The Bertz CT molecular complexity index is 1430. The highest BCUT2D eigenvalue weighted by molar-refractivity contribution is 7.91. The number of halogens is 3. The van der Waals surface area contributed by atoms with Gasteiger partial charge in [-0.3, -0.25) is 20.0 Å². The van der Waals surface area contributed by atoms with Gasteiger partial charge in [-0.2, -0.15) is 13.2 Å². The van der Waals surface area contributed by atoms with Crippen LogP contribution < -0.4 is 16.4 Å². The maximum absolute atomic E-state index is 13.8. The lowest BCUT2D eigenvalue weighted by Crippen LogP contribution is -2.30. The number of nitrogen functional groups attached to an aromatic ring is 1. The highest BCUT2D eigenvalue weighted by Gasteiger charge is 2.38. The standard InChI is InChI=1S/C23H21F3N6O4S/c1-13(31-19(33)11-20(34)32-16-5-2-14(3-6-16)22(27)28)15-4-7-18(17(10-15)23(24,25)26)37(35,36)21-12-29-8-9-30-21/h2-10,12-13H,11H2,1H3,(H3,27,28)(H,31,33)(H,32,34). The molecule has 1 atom stereocenters. The molecule has 0 saturated carbocycles. The molecule has 0 fully saturated rings. The van der Waals surface area contributed by atoms with Crippen molar-refractivity contribution in [3.8, 4) is 0 Å². The largest absolute Gasteiger partial charge is 0.417 e. The van der Waals surface area contributed by atoms with Gasteiger partial charge in [0.1, 0.15) is 12.3 Å². The van der Waals surface area contributed by atoms with Gasteiger partial charge in [0.15, 0.2) is 5.03 Å². The predicted octanol–water partition coefficient (Wildman–Crippen LogP) is 2.82. The molecule has 0 aliphatic rings. The Hall–Kier alpha value is -4.33. The minimum atomic E-state index is -5.03. The van der Waals surface area contributed by atoms with E-state index in [-0.39, 0.29) is 11.4 Å². The number of aromatic nitrogens is 2. The molecule has 2 amide bonds. The first-order valence-corrected chi connectivity index (χ1v) is 12.0. The number of nitrogens with zero attached hydrogens (tertiary/aromatic N) is 2. The average molecular weight is 535 g/mol. The smallest absolute Gasteiger partial charge is 0.384 e. The Balaban J connectivity index is 1.74. The van der Waals surface area contributed by atoms with Crippen molar-refractivity contribution in [2.24, 2.45) is 5.73 Å². The van der Waals surface area contributed by atoms with E-state index in [1.165, 1.54) is 37.4 Å². The van der Waals surface area contributed by atoms with Crippen LogP contribution in [0.2, 0.25) is 0 Å². The van der Waals surface area contributed by atoms with E-state index in [1.807, 2.05) is 0 Å². The third-order valence-electron chi connectivity index (χ3n) is 5.09. The normalized spacial score (nSPS) is 12.4. The van der Waals surface area contributed by atoms with Gasteiger partial charge in [-0.05, 0) is 48.9 Å². The molecule has 3 rings (SSSR count). The van der Waals surface area contributed by atoms with E-state index >= 15 is 0 Å². The van der Waals surface area contributed by atoms with Crippen LogP contribution in [-0.4, -0.2) is 36.0 Å². The van der Waals surface area contributed by atoms with Gasteiger partial charge in [0.05, 0.1) is 22.7 Å². The molecule has 37 heavy (non-hydrogen) atoms. The number of hydrogen-bond acceptors (Lipinski definition) is 7. The molecule has 1 heterocycles. The minimum absolute atomic E-state index is 0.0287. The average Bonchev–Trinajstić information content (AvgIpc) is 2.83. The van der Waals surface area contributed by atoms with Crippen LogP contribution >= 0.6 is 0 Å². The van der Waals surface area contributed by atoms with E-state index in [2.05, 4.69) is 20.6 Å². The second kappa shape index (κ2) is 10.7. The number of nitrogens with one attached hydrogen (secondary N) is 3.